The fourth-order valence-corrected chi connectivity index (χ4v) is 2.60. The van der Waals surface area contributed by atoms with Gasteiger partial charge in [-0.2, -0.15) is 0 Å². The number of ether oxygens (including phenoxy) is 1. The van der Waals surface area contributed by atoms with E-state index in [0.29, 0.717) is 12.1 Å². The number of hydrogen-bond donors (Lipinski definition) is 1. The van der Waals surface area contributed by atoms with Crippen LogP contribution in [0, 0.1) is 17.5 Å². The second-order valence-electron chi connectivity index (χ2n) is 5.12. The highest BCUT2D eigenvalue weighted by atomic mass is 19.2. The lowest BCUT2D eigenvalue weighted by Crippen LogP contribution is -2.37. The van der Waals surface area contributed by atoms with Crippen molar-refractivity contribution < 1.29 is 22.7 Å². The number of rotatable bonds is 5. The van der Waals surface area contributed by atoms with E-state index >= 15 is 0 Å². The van der Waals surface area contributed by atoms with Crippen molar-refractivity contribution in [3.63, 3.8) is 0 Å². The molecule has 21 heavy (non-hydrogen) atoms. The van der Waals surface area contributed by atoms with Gasteiger partial charge in [0, 0.05) is 17.7 Å². The zero-order valence-corrected chi connectivity index (χ0v) is 11.8. The van der Waals surface area contributed by atoms with Crippen molar-refractivity contribution in [1.82, 2.24) is 5.32 Å². The highest BCUT2D eigenvalue weighted by Crippen LogP contribution is 2.26. The molecule has 6 heteroatoms. The lowest BCUT2D eigenvalue weighted by Gasteiger charge is -2.22. The van der Waals surface area contributed by atoms with Gasteiger partial charge in [0.15, 0.2) is 11.6 Å². The van der Waals surface area contributed by atoms with E-state index in [0.717, 1.165) is 25.7 Å². The molecule has 1 aliphatic carbocycles. The molecule has 0 radical (unpaired) electrons. The van der Waals surface area contributed by atoms with Crippen LogP contribution in [0.1, 0.15) is 44.2 Å². The third kappa shape index (κ3) is 3.75. The fraction of sp³-hybridized carbons (Fsp3) is 0.533. The maximum absolute atomic E-state index is 13.9. The van der Waals surface area contributed by atoms with Crippen LogP contribution in [-0.2, 0) is 9.53 Å². The minimum atomic E-state index is -1.28. The predicted octanol–water partition coefficient (Wildman–Crippen LogP) is 3.24. The Hall–Kier alpha value is -1.56. The zero-order valence-electron chi connectivity index (χ0n) is 11.8. The molecular weight excluding hydrogens is 283 g/mol. The third-order valence-corrected chi connectivity index (χ3v) is 3.63. The lowest BCUT2D eigenvalue weighted by molar-refractivity contribution is -0.146. The third-order valence-electron chi connectivity index (χ3n) is 3.63. The molecule has 1 saturated carbocycles. The van der Waals surface area contributed by atoms with Crippen molar-refractivity contribution in [3.8, 4) is 0 Å². The molecule has 1 N–H and O–H groups in total. The molecule has 1 unspecified atom stereocenters. The molecule has 0 aliphatic heterocycles. The molecule has 0 saturated heterocycles. The van der Waals surface area contributed by atoms with Crippen molar-refractivity contribution in [2.24, 2.45) is 0 Å². The monoisotopic (exact) mass is 301 g/mol. The van der Waals surface area contributed by atoms with Crippen molar-refractivity contribution in [2.75, 3.05) is 6.61 Å². The summed E-state index contributed by atoms with van der Waals surface area (Å²) < 4.78 is 45.2. The van der Waals surface area contributed by atoms with Gasteiger partial charge in [-0.05, 0) is 25.8 Å². The first kappa shape index (κ1) is 15.8. The number of benzene rings is 1. The molecule has 1 aromatic carbocycles. The largest absolute Gasteiger partial charge is 0.465 e. The summed E-state index contributed by atoms with van der Waals surface area (Å²) >= 11 is 0. The van der Waals surface area contributed by atoms with Crippen LogP contribution in [0.2, 0.25) is 0 Å². The van der Waals surface area contributed by atoms with E-state index in [9.17, 15) is 18.0 Å². The van der Waals surface area contributed by atoms with Gasteiger partial charge in [-0.15, -0.1) is 0 Å². The summed E-state index contributed by atoms with van der Waals surface area (Å²) in [5, 5.41) is 3.00. The first-order valence-electron chi connectivity index (χ1n) is 7.10. The van der Waals surface area contributed by atoms with Crippen LogP contribution in [0.3, 0.4) is 0 Å². The van der Waals surface area contributed by atoms with E-state index < -0.39 is 29.5 Å². The first-order valence-corrected chi connectivity index (χ1v) is 7.10. The van der Waals surface area contributed by atoms with Gasteiger partial charge in [0.1, 0.15) is 11.9 Å². The Labute approximate surface area is 121 Å². The van der Waals surface area contributed by atoms with E-state index in [1.807, 2.05) is 0 Å². The molecule has 116 valence electrons. The fourth-order valence-electron chi connectivity index (χ4n) is 2.60. The number of carbonyl (C=O) groups is 1. The van der Waals surface area contributed by atoms with Crippen molar-refractivity contribution in [2.45, 2.75) is 44.7 Å². The zero-order chi connectivity index (χ0) is 15.4. The van der Waals surface area contributed by atoms with Gasteiger partial charge in [0.25, 0.3) is 0 Å². The van der Waals surface area contributed by atoms with E-state index in [-0.39, 0.29) is 18.2 Å². The molecule has 2 rings (SSSR count). The Morgan fingerprint density at radius 2 is 1.86 bits per heavy atom. The average molecular weight is 301 g/mol. The second kappa shape index (κ2) is 6.93. The molecule has 1 fully saturated rings. The van der Waals surface area contributed by atoms with Gasteiger partial charge in [-0.25, -0.2) is 18.0 Å². The standard InChI is InChI=1S/C15H18F3NO2/c1-2-21-15(20)14(19-9-5-3-4-6-9)10-7-12(17)13(18)8-11(10)16/h7-9,14,19H,2-6H2,1H3. The predicted molar refractivity (Wildman–Crippen MR) is 71.1 cm³/mol. The van der Waals surface area contributed by atoms with Crippen LogP contribution in [0.25, 0.3) is 0 Å². The molecule has 1 aromatic rings. The Morgan fingerprint density at radius 3 is 2.48 bits per heavy atom. The van der Waals surface area contributed by atoms with Gasteiger partial charge in [0.2, 0.25) is 0 Å². The molecule has 0 amide bonds. The van der Waals surface area contributed by atoms with E-state index in [2.05, 4.69) is 5.32 Å². The van der Waals surface area contributed by atoms with E-state index in [1.165, 1.54) is 0 Å². The summed E-state index contributed by atoms with van der Waals surface area (Å²) in [5.41, 5.74) is -0.223. The van der Waals surface area contributed by atoms with Gasteiger partial charge in [-0.3, -0.25) is 5.32 Å². The second-order valence-corrected chi connectivity index (χ2v) is 5.12. The summed E-state index contributed by atoms with van der Waals surface area (Å²) in [7, 11) is 0. The van der Waals surface area contributed by atoms with Gasteiger partial charge >= 0.3 is 5.97 Å². The smallest absolute Gasteiger partial charge is 0.327 e. The normalized spacial score (nSPS) is 17.0. The van der Waals surface area contributed by atoms with Crippen LogP contribution in [0.5, 0.6) is 0 Å². The van der Waals surface area contributed by atoms with Gasteiger partial charge < -0.3 is 4.74 Å². The quantitative estimate of drug-likeness (QED) is 0.670. The number of carbonyl (C=O) groups excluding carboxylic acids is 1. The number of nitrogens with one attached hydrogen (secondary N) is 1. The van der Waals surface area contributed by atoms with Crippen molar-refractivity contribution >= 4 is 5.97 Å². The number of esters is 1. The first-order chi connectivity index (χ1) is 10.0. The minimum absolute atomic E-state index is 0.0481. The van der Waals surface area contributed by atoms with Crippen molar-refractivity contribution in [1.29, 1.82) is 0 Å². The Morgan fingerprint density at radius 1 is 1.24 bits per heavy atom. The summed E-state index contributed by atoms with van der Waals surface area (Å²) in [4.78, 5) is 12.0. The maximum Gasteiger partial charge on any atom is 0.327 e. The summed E-state index contributed by atoms with van der Waals surface area (Å²) in [6.45, 7) is 1.76. The highest BCUT2D eigenvalue weighted by molar-refractivity contribution is 5.77. The minimum Gasteiger partial charge on any atom is -0.465 e. The van der Waals surface area contributed by atoms with Crippen LogP contribution in [-0.4, -0.2) is 18.6 Å². The Kier molecular flexibility index (Phi) is 5.22. The van der Waals surface area contributed by atoms with Crippen LogP contribution < -0.4 is 5.32 Å². The van der Waals surface area contributed by atoms with Gasteiger partial charge in [0.05, 0.1) is 6.61 Å². The molecular formula is C15H18F3NO2. The molecule has 1 atom stereocenters. The molecule has 0 spiro atoms. The lowest BCUT2D eigenvalue weighted by atomic mass is 10.0. The summed E-state index contributed by atoms with van der Waals surface area (Å²) in [5.74, 6) is -4.11. The molecule has 3 nitrogen and oxygen atoms in total. The molecule has 0 aromatic heterocycles. The Balaban J connectivity index is 2.29. The SMILES string of the molecule is CCOC(=O)C(NC1CCCC1)c1cc(F)c(F)cc1F. The molecule has 0 bridgehead atoms. The van der Waals surface area contributed by atoms with Crippen LogP contribution >= 0.6 is 0 Å². The highest BCUT2D eigenvalue weighted by Gasteiger charge is 2.30. The van der Waals surface area contributed by atoms with E-state index in [1.54, 1.807) is 6.92 Å². The topological polar surface area (TPSA) is 38.3 Å². The van der Waals surface area contributed by atoms with Crippen molar-refractivity contribution in [3.05, 3.63) is 35.1 Å². The van der Waals surface area contributed by atoms with E-state index in [4.69, 9.17) is 4.74 Å². The molecule has 1 aliphatic rings. The van der Waals surface area contributed by atoms with Crippen LogP contribution in [0.4, 0.5) is 13.2 Å². The molecule has 0 heterocycles. The van der Waals surface area contributed by atoms with Crippen LogP contribution in [0.15, 0.2) is 12.1 Å². The summed E-state index contributed by atoms with van der Waals surface area (Å²) in [6.07, 6.45) is 3.77. The Bertz CT molecular complexity index is 516. The average Bonchev–Trinajstić information content (AvgIpc) is 2.94. The number of hydrogen-bond acceptors (Lipinski definition) is 3. The summed E-state index contributed by atoms with van der Waals surface area (Å²) in [6, 6.07) is 0.0941. The maximum atomic E-state index is 13.9. The number of halogens is 3. The van der Waals surface area contributed by atoms with Gasteiger partial charge in [-0.1, -0.05) is 12.8 Å².